The number of sulfonamides is 1. The first kappa shape index (κ1) is 18.9. The molecule has 1 N–H and O–H groups in total. The summed E-state index contributed by atoms with van der Waals surface area (Å²) in [6.07, 6.45) is 2.06. The van der Waals surface area contributed by atoms with Gasteiger partial charge in [0.05, 0.1) is 4.90 Å². The minimum absolute atomic E-state index is 0.150. The highest BCUT2D eigenvalue weighted by Gasteiger charge is 2.37. The van der Waals surface area contributed by atoms with Crippen LogP contribution in [0.1, 0.15) is 24.8 Å². The summed E-state index contributed by atoms with van der Waals surface area (Å²) in [4.78, 5) is 12.9. The molecule has 5 nitrogen and oxygen atoms in total. The number of carbonyl (C=O) groups is 1. The molecule has 0 bridgehead atoms. The van der Waals surface area contributed by atoms with Gasteiger partial charge in [0.2, 0.25) is 15.9 Å². The predicted octanol–water partition coefficient (Wildman–Crippen LogP) is 3.83. The minimum Gasteiger partial charge on any atom is -0.325 e. The normalized spacial score (nSPS) is 18.5. The number of rotatable bonds is 4. The first-order valence-corrected chi connectivity index (χ1v) is 10.3. The lowest BCUT2D eigenvalue weighted by atomic mass is 10.0. The molecule has 1 unspecified atom stereocenters. The van der Waals surface area contributed by atoms with Gasteiger partial charge in [-0.15, -0.1) is 0 Å². The molecule has 0 aromatic heterocycles. The van der Waals surface area contributed by atoms with E-state index in [1.165, 1.54) is 16.4 Å². The summed E-state index contributed by atoms with van der Waals surface area (Å²) < 4.78 is 27.3. The van der Waals surface area contributed by atoms with Crippen molar-refractivity contribution in [3.63, 3.8) is 0 Å². The molecular weight excluding hydrogens is 372 g/mol. The van der Waals surface area contributed by atoms with E-state index in [0.717, 1.165) is 18.4 Å². The van der Waals surface area contributed by atoms with Gasteiger partial charge in [-0.2, -0.15) is 4.31 Å². The molecule has 2 aromatic rings. The highest BCUT2D eigenvalue weighted by Crippen LogP contribution is 2.27. The maximum Gasteiger partial charge on any atom is 0.243 e. The van der Waals surface area contributed by atoms with Gasteiger partial charge in [0, 0.05) is 17.3 Å². The maximum absolute atomic E-state index is 13.0. The third kappa shape index (κ3) is 4.09. The van der Waals surface area contributed by atoms with E-state index >= 15 is 0 Å². The molecule has 26 heavy (non-hydrogen) atoms. The number of hydrogen-bond donors (Lipinski definition) is 1. The zero-order valence-corrected chi connectivity index (χ0v) is 16.1. The van der Waals surface area contributed by atoms with Crippen LogP contribution >= 0.6 is 11.6 Å². The fraction of sp³-hybridized carbons (Fsp3) is 0.316. The van der Waals surface area contributed by atoms with Gasteiger partial charge in [-0.1, -0.05) is 35.7 Å². The molecule has 1 heterocycles. The zero-order chi connectivity index (χ0) is 18.7. The lowest BCUT2D eigenvalue weighted by Crippen LogP contribution is -2.49. The Morgan fingerprint density at radius 1 is 1.08 bits per heavy atom. The molecule has 0 radical (unpaired) electrons. The Morgan fingerprint density at radius 2 is 1.73 bits per heavy atom. The number of benzene rings is 2. The average Bonchev–Trinajstić information content (AvgIpc) is 2.64. The van der Waals surface area contributed by atoms with Gasteiger partial charge in [-0.05, 0) is 56.2 Å². The van der Waals surface area contributed by atoms with Gasteiger partial charge in [-0.3, -0.25) is 4.79 Å². The summed E-state index contributed by atoms with van der Waals surface area (Å²) in [6, 6.07) is 12.7. The van der Waals surface area contributed by atoms with Crippen molar-refractivity contribution in [2.75, 3.05) is 11.9 Å². The van der Waals surface area contributed by atoms with Gasteiger partial charge in [-0.25, -0.2) is 8.42 Å². The van der Waals surface area contributed by atoms with Crippen molar-refractivity contribution >= 4 is 33.2 Å². The van der Waals surface area contributed by atoms with Crippen molar-refractivity contribution in [3.8, 4) is 0 Å². The summed E-state index contributed by atoms with van der Waals surface area (Å²) in [5, 5.41) is 3.30. The summed E-state index contributed by atoms with van der Waals surface area (Å²) in [5.74, 6) is -0.300. The van der Waals surface area contributed by atoms with Crippen LogP contribution in [0.2, 0.25) is 5.02 Å². The molecule has 1 amide bonds. The van der Waals surface area contributed by atoms with E-state index in [2.05, 4.69) is 5.32 Å². The molecule has 0 aliphatic carbocycles. The monoisotopic (exact) mass is 392 g/mol. The van der Waals surface area contributed by atoms with Crippen LogP contribution in [0.25, 0.3) is 0 Å². The third-order valence-electron chi connectivity index (χ3n) is 4.50. The van der Waals surface area contributed by atoms with Gasteiger partial charge in [0.25, 0.3) is 0 Å². The van der Waals surface area contributed by atoms with Crippen molar-refractivity contribution in [3.05, 3.63) is 59.1 Å². The van der Waals surface area contributed by atoms with E-state index in [-0.39, 0.29) is 10.8 Å². The summed E-state index contributed by atoms with van der Waals surface area (Å²) in [5.41, 5.74) is 1.75. The molecule has 1 atom stereocenters. The topological polar surface area (TPSA) is 66.5 Å². The number of hydrogen-bond acceptors (Lipinski definition) is 3. The van der Waals surface area contributed by atoms with Gasteiger partial charge >= 0.3 is 0 Å². The predicted molar refractivity (Wildman–Crippen MR) is 103 cm³/mol. The van der Waals surface area contributed by atoms with Crippen LogP contribution in [0.5, 0.6) is 0 Å². The van der Waals surface area contributed by atoms with Crippen LogP contribution in [0, 0.1) is 6.92 Å². The molecule has 1 fully saturated rings. The van der Waals surface area contributed by atoms with E-state index in [9.17, 15) is 13.2 Å². The van der Waals surface area contributed by atoms with Crippen molar-refractivity contribution < 1.29 is 13.2 Å². The molecular formula is C19H21ClN2O3S. The van der Waals surface area contributed by atoms with E-state index < -0.39 is 16.1 Å². The summed E-state index contributed by atoms with van der Waals surface area (Å²) in [7, 11) is -3.76. The smallest absolute Gasteiger partial charge is 0.243 e. The number of anilines is 1. The van der Waals surface area contributed by atoms with Crippen molar-refractivity contribution in [2.45, 2.75) is 37.1 Å². The van der Waals surface area contributed by atoms with Crippen molar-refractivity contribution in [2.24, 2.45) is 0 Å². The Morgan fingerprint density at radius 3 is 2.38 bits per heavy atom. The van der Waals surface area contributed by atoms with Gasteiger partial charge in [0.1, 0.15) is 6.04 Å². The SMILES string of the molecule is Cc1ccc(NC(=O)C2CCCCN2S(=O)(=O)c2ccc(Cl)cc2)cc1. The van der Waals surface area contributed by atoms with Crippen molar-refractivity contribution in [1.82, 2.24) is 4.31 Å². The number of piperidine rings is 1. The third-order valence-corrected chi connectivity index (χ3v) is 6.67. The molecule has 1 saturated heterocycles. The molecule has 1 aliphatic rings. The van der Waals surface area contributed by atoms with E-state index in [4.69, 9.17) is 11.6 Å². The number of nitrogens with zero attached hydrogens (tertiary/aromatic N) is 1. The van der Waals surface area contributed by atoms with E-state index in [1.54, 1.807) is 12.1 Å². The Balaban J connectivity index is 1.83. The number of carbonyl (C=O) groups excluding carboxylic acids is 1. The second-order valence-corrected chi connectivity index (χ2v) is 8.76. The molecule has 2 aromatic carbocycles. The second-order valence-electron chi connectivity index (χ2n) is 6.44. The highest BCUT2D eigenvalue weighted by molar-refractivity contribution is 7.89. The van der Waals surface area contributed by atoms with Crippen LogP contribution in [0.4, 0.5) is 5.69 Å². The fourth-order valence-electron chi connectivity index (χ4n) is 3.06. The molecule has 3 rings (SSSR count). The van der Waals surface area contributed by atoms with Crippen LogP contribution in [-0.4, -0.2) is 31.2 Å². The van der Waals surface area contributed by atoms with Crippen LogP contribution < -0.4 is 5.32 Å². The quantitative estimate of drug-likeness (QED) is 0.859. The van der Waals surface area contributed by atoms with Gasteiger partial charge in [0.15, 0.2) is 0 Å². The first-order valence-electron chi connectivity index (χ1n) is 8.53. The zero-order valence-electron chi connectivity index (χ0n) is 14.5. The Kier molecular flexibility index (Phi) is 5.65. The van der Waals surface area contributed by atoms with E-state index in [1.807, 2.05) is 31.2 Å². The molecule has 7 heteroatoms. The van der Waals surface area contributed by atoms with Crippen LogP contribution in [-0.2, 0) is 14.8 Å². The Labute approximate surface area is 159 Å². The molecule has 0 saturated carbocycles. The minimum atomic E-state index is -3.76. The first-order chi connectivity index (χ1) is 12.4. The lowest BCUT2D eigenvalue weighted by Gasteiger charge is -2.33. The fourth-order valence-corrected chi connectivity index (χ4v) is 4.84. The Bertz CT molecular complexity index is 880. The lowest BCUT2D eigenvalue weighted by molar-refractivity contribution is -0.120. The van der Waals surface area contributed by atoms with Crippen molar-refractivity contribution in [1.29, 1.82) is 0 Å². The highest BCUT2D eigenvalue weighted by atomic mass is 35.5. The number of amides is 1. The maximum atomic E-state index is 13.0. The Hall–Kier alpha value is -1.89. The summed E-state index contributed by atoms with van der Waals surface area (Å²) >= 11 is 5.86. The number of halogens is 1. The van der Waals surface area contributed by atoms with E-state index in [0.29, 0.717) is 23.7 Å². The van der Waals surface area contributed by atoms with Crippen LogP contribution in [0.3, 0.4) is 0 Å². The molecule has 138 valence electrons. The van der Waals surface area contributed by atoms with Crippen LogP contribution in [0.15, 0.2) is 53.4 Å². The average molecular weight is 393 g/mol. The largest absolute Gasteiger partial charge is 0.325 e. The number of aryl methyl sites for hydroxylation is 1. The summed E-state index contributed by atoms with van der Waals surface area (Å²) in [6.45, 7) is 2.30. The molecule has 1 aliphatic heterocycles. The number of nitrogens with one attached hydrogen (secondary N) is 1. The van der Waals surface area contributed by atoms with Gasteiger partial charge < -0.3 is 5.32 Å². The standard InChI is InChI=1S/C19H21ClN2O3S/c1-14-5-9-16(10-6-14)21-19(23)18-4-2-3-13-22(18)26(24,25)17-11-7-15(20)8-12-17/h5-12,18H,2-4,13H2,1H3,(H,21,23). The second kappa shape index (κ2) is 7.78. The molecule has 0 spiro atoms.